The lowest BCUT2D eigenvalue weighted by molar-refractivity contribution is -0.147. The zero-order valence-electron chi connectivity index (χ0n) is 15.2. The number of likely N-dealkylation sites (tertiary alicyclic amines) is 1. The van der Waals surface area contributed by atoms with Gasteiger partial charge in [0.15, 0.2) is 0 Å². The Bertz CT molecular complexity index is 741. The van der Waals surface area contributed by atoms with Crippen molar-refractivity contribution in [1.29, 1.82) is 0 Å². The van der Waals surface area contributed by atoms with E-state index in [9.17, 15) is 19.5 Å². The van der Waals surface area contributed by atoms with Crippen LogP contribution in [0.1, 0.15) is 38.5 Å². The molecule has 2 atom stereocenters. The minimum atomic E-state index is -1.14. The molecule has 3 fully saturated rings. The van der Waals surface area contributed by atoms with Gasteiger partial charge in [-0.15, -0.1) is 11.8 Å². The highest BCUT2D eigenvalue weighted by molar-refractivity contribution is 8.00. The van der Waals surface area contributed by atoms with Crippen LogP contribution < -0.4 is 5.73 Å². The molecule has 0 bridgehead atoms. The number of thioether (sulfide) groups is 1. The fraction of sp³-hybridized carbons (Fsp3) is 0.632. The lowest BCUT2D eigenvalue weighted by atomic mass is 9.89. The Morgan fingerprint density at radius 1 is 1.26 bits per heavy atom. The number of amides is 2. The summed E-state index contributed by atoms with van der Waals surface area (Å²) in [5.41, 5.74) is 6.94. The second kappa shape index (κ2) is 7.31. The molecule has 3 aliphatic heterocycles. The third-order valence-electron chi connectivity index (χ3n) is 6.01. The lowest BCUT2D eigenvalue weighted by Crippen LogP contribution is -2.68. The van der Waals surface area contributed by atoms with Crippen LogP contribution in [0.4, 0.5) is 0 Å². The van der Waals surface area contributed by atoms with E-state index >= 15 is 0 Å². The number of carbonyl (C=O) groups excluding carboxylic acids is 2. The first kappa shape index (κ1) is 18.6. The number of hydrogen-bond donors (Lipinski definition) is 2. The van der Waals surface area contributed by atoms with Gasteiger partial charge in [0.05, 0.1) is 0 Å². The molecule has 3 N–H and O–H groups in total. The van der Waals surface area contributed by atoms with Gasteiger partial charge in [-0.2, -0.15) is 0 Å². The number of rotatable bonds is 4. The molecule has 4 aliphatic rings. The standard InChI is InChI=1S/C19H25N3O4S/c20-14-17(24)22-15(19(25)26)13(10-27-18(14)22)8-12-6-7-21(16(12)23)9-11-4-2-1-3-5-11/h8,11,14,18H,1-7,9-10,20H2,(H,25,26)/t14-,18-/m1/s1. The molecule has 0 aromatic rings. The molecule has 27 heavy (non-hydrogen) atoms. The van der Waals surface area contributed by atoms with Crippen molar-refractivity contribution in [3.05, 3.63) is 22.9 Å². The van der Waals surface area contributed by atoms with Crippen LogP contribution in [0.3, 0.4) is 0 Å². The number of aliphatic carboxylic acids is 1. The SMILES string of the molecule is N[C@@H]1C(=O)N2C(C(=O)O)=C(C=C3CCN(CC4CCCCC4)C3=O)CS[C@H]12. The topological polar surface area (TPSA) is 104 Å². The summed E-state index contributed by atoms with van der Waals surface area (Å²) in [4.78, 5) is 39.8. The van der Waals surface area contributed by atoms with Crippen molar-refractivity contribution < 1.29 is 19.5 Å². The fourth-order valence-corrected chi connectivity index (χ4v) is 5.77. The molecule has 3 heterocycles. The largest absolute Gasteiger partial charge is 0.477 e. The van der Waals surface area contributed by atoms with E-state index in [4.69, 9.17) is 5.73 Å². The van der Waals surface area contributed by atoms with Gasteiger partial charge in [0.25, 0.3) is 0 Å². The third-order valence-corrected chi connectivity index (χ3v) is 7.33. The summed E-state index contributed by atoms with van der Waals surface area (Å²) < 4.78 is 0. The number of fused-ring (bicyclic) bond motifs is 1. The van der Waals surface area contributed by atoms with Gasteiger partial charge in [0, 0.05) is 24.4 Å². The summed E-state index contributed by atoms with van der Waals surface area (Å²) in [6.07, 6.45) is 8.48. The highest BCUT2D eigenvalue weighted by Gasteiger charge is 2.51. The van der Waals surface area contributed by atoms with Gasteiger partial charge in [-0.1, -0.05) is 19.3 Å². The van der Waals surface area contributed by atoms with E-state index in [1.807, 2.05) is 4.90 Å². The van der Waals surface area contributed by atoms with Crippen LogP contribution in [-0.4, -0.2) is 62.9 Å². The molecule has 0 aromatic carbocycles. The van der Waals surface area contributed by atoms with Crippen molar-refractivity contribution in [1.82, 2.24) is 9.80 Å². The van der Waals surface area contributed by atoms with E-state index in [0.717, 1.165) is 6.54 Å². The van der Waals surface area contributed by atoms with Gasteiger partial charge in [0.2, 0.25) is 11.8 Å². The summed E-state index contributed by atoms with van der Waals surface area (Å²) in [6, 6.07) is -0.641. The Morgan fingerprint density at radius 2 is 2.00 bits per heavy atom. The Kier molecular flexibility index (Phi) is 5.03. The zero-order valence-corrected chi connectivity index (χ0v) is 16.0. The number of carboxylic acid groups (broad SMARTS) is 1. The zero-order chi connectivity index (χ0) is 19.1. The Hall–Kier alpha value is -1.80. The molecule has 1 saturated carbocycles. The quantitative estimate of drug-likeness (QED) is 0.553. The Morgan fingerprint density at radius 3 is 2.70 bits per heavy atom. The summed E-state index contributed by atoms with van der Waals surface area (Å²) in [5, 5.41) is 9.30. The number of carboxylic acids is 1. The predicted octanol–water partition coefficient (Wildman–Crippen LogP) is 1.31. The fourth-order valence-electron chi connectivity index (χ4n) is 4.52. The van der Waals surface area contributed by atoms with Crippen LogP contribution in [0.2, 0.25) is 0 Å². The first-order valence-electron chi connectivity index (χ1n) is 9.64. The average Bonchev–Trinajstić information content (AvgIpc) is 3.01. The number of carbonyl (C=O) groups is 3. The maximum atomic E-state index is 12.8. The summed E-state index contributed by atoms with van der Waals surface area (Å²) in [7, 11) is 0. The molecule has 4 rings (SSSR count). The molecule has 2 amide bonds. The second-order valence-corrected chi connectivity index (χ2v) is 8.89. The molecule has 0 unspecified atom stereocenters. The molecule has 8 heteroatoms. The van der Waals surface area contributed by atoms with Gasteiger partial charge >= 0.3 is 5.97 Å². The maximum Gasteiger partial charge on any atom is 0.352 e. The molecule has 2 saturated heterocycles. The van der Waals surface area contributed by atoms with Crippen LogP contribution in [0.15, 0.2) is 22.9 Å². The lowest BCUT2D eigenvalue weighted by Gasteiger charge is -2.47. The van der Waals surface area contributed by atoms with Gasteiger partial charge in [-0.25, -0.2) is 4.79 Å². The maximum absolute atomic E-state index is 12.8. The van der Waals surface area contributed by atoms with Crippen molar-refractivity contribution in [2.75, 3.05) is 18.8 Å². The van der Waals surface area contributed by atoms with E-state index in [0.29, 0.717) is 35.8 Å². The van der Waals surface area contributed by atoms with Crippen molar-refractivity contribution in [3.63, 3.8) is 0 Å². The number of allylic oxidation sites excluding steroid dienone is 1. The Balaban J connectivity index is 1.52. The average molecular weight is 391 g/mol. The summed E-state index contributed by atoms with van der Waals surface area (Å²) in [5.74, 6) is -0.462. The van der Waals surface area contributed by atoms with Crippen molar-refractivity contribution >= 4 is 29.5 Å². The van der Waals surface area contributed by atoms with E-state index in [1.165, 1.54) is 48.8 Å². The van der Waals surface area contributed by atoms with Crippen LogP contribution in [0.5, 0.6) is 0 Å². The van der Waals surface area contributed by atoms with Crippen LogP contribution in [0, 0.1) is 5.92 Å². The van der Waals surface area contributed by atoms with Gasteiger partial charge in [-0.3, -0.25) is 14.5 Å². The highest BCUT2D eigenvalue weighted by Crippen LogP contribution is 2.40. The molecule has 7 nitrogen and oxygen atoms in total. The van der Waals surface area contributed by atoms with Crippen LogP contribution in [0.25, 0.3) is 0 Å². The number of β-lactam (4-membered cyclic amide) rings is 1. The predicted molar refractivity (Wildman–Crippen MR) is 102 cm³/mol. The third kappa shape index (κ3) is 3.29. The molecular weight excluding hydrogens is 366 g/mol. The molecule has 146 valence electrons. The van der Waals surface area contributed by atoms with Gasteiger partial charge < -0.3 is 15.7 Å². The summed E-state index contributed by atoms with van der Waals surface area (Å²) >= 11 is 1.46. The van der Waals surface area contributed by atoms with Gasteiger partial charge in [0.1, 0.15) is 17.1 Å². The van der Waals surface area contributed by atoms with Crippen molar-refractivity contribution in [2.45, 2.75) is 49.9 Å². The van der Waals surface area contributed by atoms with E-state index in [2.05, 4.69) is 0 Å². The van der Waals surface area contributed by atoms with E-state index in [-0.39, 0.29) is 22.9 Å². The monoisotopic (exact) mass is 391 g/mol. The molecule has 1 aliphatic carbocycles. The number of hydrogen-bond acceptors (Lipinski definition) is 5. The molecular formula is C19H25N3O4S. The Labute approximate surface area is 162 Å². The second-order valence-electron chi connectivity index (χ2n) is 7.79. The van der Waals surface area contributed by atoms with E-state index in [1.54, 1.807) is 6.08 Å². The molecule has 0 radical (unpaired) electrons. The molecule has 0 aromatic heterocycles. The van der Waals surface area contributed by atoms with Crippen LogP contribution >= 0.6 is 11.8 Å². The van der Waals surface area contributed by atoms with Crippen LogP contribution in [-0.2, 0) is 14.4 Å². The smallest absolute Gasteiger partial charge is 0.352 e. The molecule has 0 spiro atoms. The first-order valence-corrected chi connectivity index (χ1v) is 10.7. The number of nitrogens with zero attached hydrogens (tertiary/aromatic N) is 2. The minimum Gasteiger partial charge on any atom is -0.477 e. The summed E-state index contributed by atoms with van der Waals surface area (Å²) in [6.45, 7) is 1.50. The minimum absolute atomic E-state index is 0.0107. The normalized spacial score (nSPS) is 30.8. The van der Waals surface area contributed by atoms with E-state index < -0.39 is 12.0 Å². The van der Waals surface area contributed by atoms with Gasteiger partial charge in [-0.05, 0) is 36.8 Å². The number of nitrogens with two attached hydrogens (primary N) is 1. The van der Waals surface area contributed by atoms with Crippen molar-refractivity contribution in [3.8, 4) is 0 Å². The van der Waals surface area contributed by atoms with Crippen molar-refractivity contribution in [2.24, 2.45) is 11.7 Å². The first-order chi connectivity index (χ1) is 13.0. The highest BCUT2D eigenvalue weighted by atomic mass is 32.2.